The van der Waals surface area contributed by atoms with Gasteiger partial charge >= 0.3 is 0 Å². The molecule has 4 rings (SSSR count). The van der Waals surface area contributed by atoms with E-state index in [1.165, 1.54) is 18.4 Å². The van der Waals surface area contributed by atoms with Crippen LogP contribution in [-0.4, -0.2) is 39.0 Å². The van der Waals surface area contributed by atoms with E-state index in [1.54, 1.807) is 0 Å². The molecule has 2 aromatic rings. The predicted octanol–water partition coefficient (Wildman–Crippen LogP) is 3.53. The Hall–Kier alpha value is -2.21. The van der Waals surface area contributed by atoms with E-state index in [1.807, 2.05) is 4.68 Å². The van der Waals surface area contributed by atoms with Crippen LogP contribution in [0.5, 0.6) is 0 Å². The van der Waals surface area contributed by atoms with Gasteiger partial charge in [-0.25, -0.2) is 4.68 Å². The molecular weight excluding hydrogens is 362 g/mol. The molecule has 1 aromatic heterocycles. The molecule has 2 N–H and O–H groups in total. The van der Waals surface area contributed by atoms with Crippen molar-refractivity contribution >= 4 is 5.91 Å². The number of fused-ring (bicyclic) bond motifs is 2. The SMILES string of the molecule is CCCc1c(C(=O)NC2CC3CCC(C2)N3)nnn1-c1ccc(C(C)(C)C)cc1. The molecule has 2 aliphatic rings. The molecular formula is C23H33N5O. The van der Waals surface area contributed by atoms with Crippen molar-refractivity contribution in [3.8, 4) is 5.69 Å². The molecule has 6 nitrogen and oxygen atoms in total. The Morgan fingerprint density at radius 2 is 1.83 bits per heavy atom. The lowest BCUT2D eigenvalue weighted by molar-refractivity contribution is 0.0917. The Balaban J connectivity index is 1.55. The average Bonchev–Trinajstić information content (AvgIpc) is 3.24. The van der Waals surface area contributed by atoms with Gasteiger partial charge in [0.15, 0.2) is 5.69 Å². The number of carbonyl (C=O) groups excluding carboxylic acids is 1. The summed E-state index contributed by atoms with van der Waals surface area (Å²) in [4.78, 5) is 13.0. The number of rotatable bonds is 5. The molecule has 2 aliphatic heterocycles. The van der Waals surface area contributed by atoms with Gasteiger partial charge in [0.05, 0.1) is 11.4 Å². The maximum absolute atomic E-state index is 13.0. The van der Waals surface area contributed by atoms with Gasteiger partial charge in [-0.15, -0.1) is 5.10 Å². The molecule has 6 heteroatoms. The van der Waals surface area contributed by atoms with Gasteiger partial charge in [-0.05, 0) is 55.2 Å². The first kappa shape index (κ1) is 20.1. The van der Waals surface area contributed by atoms with Gasteiger partial charge in [-0.2, -0.15) is 0 Å². The van der Waals surface area contributed by atoms with Crippen molar-refractivity contribution in [2.45, 2.75) is 89.8 Å². The molecule has 0 spiro atoms. The number of piperidine rings is 1. The fourth-order valence-electron chi connectivity index (χ4n) is 4.68. The smallest absolute Gasteiger partial charge is 0.273 e. The molecule has 2 saturated heterocycles. The number of benzene rings is 1. The molecule has 0 aliphatic carbocycles. The fourth-order valence-corrected chi connectivity index (χ4v) is 4.68. The highest BCUT2D eigenvalue weighted by atomic mass is 16.2. The minimum atomic E-state index is -0.0858. The summed E-state index contributed by atoms with van der Waals surface area (Å²) in [6, 6.07) is 9.74. The van der Waals surface area contributed by atoms with Crippen LogP contribution in [0, 0.1) is 0 Å². The van der Waals surface area contributed by atoms with Crippen molar-refractivity contribution < 1.29 is 4.79 Å². The van der Waals surface area contributed by atoms with E-state index in [0.29, 0.717) is 17.8 Å². The first-order chi connectivity index (χ1) is 13.8. The monoisotopic (exact) mass is 395 g/mol. The maximum Gasteiger partial charge on any atom is 0.273 e. The zero-order chi connectivity index (χ0) is 20.6. The lowest BCUT2D eigenvalue weighted by atomic mass is 9.87. The largest absolute Gasteiger partial charge is 0.348 e. The van der Waals surface area contributed by atoms with E-state index in [0.717, 1.165) is 37.1 Å². The number of hydrogen-bond acceptors (Lipinski definition) is 4. The Morgan fingerprint density at radius 1 is 1.17 bits per heavy atom. The summed E-state index contributed by atoms with van der Waals surface area (Å²) >= 11 is 0. The summed E-state index contributed by atoms with van der Waals surface area (Å²) in [7, 11) is 0. The number of amides is 1. The zero-order valence-corrected chi connectivity index (χ0v) is 18.0. The highest BCUT2D eigenvalue weighted by Crippen LogP contribution is 2.27. The van der Waals surface area contributed by atoms with Crippen molar-refractivity contribution in [2.24, 2.45) is 0 Å². The summed E-state index contributed by atoms with van der Waals surface area (Å²) in [5.41, 5.74) is 3.69. The molecule has 1 aromatic carbocycles. The summed E-state index contributed by atoms with van der Waals surface area (Å²) < 4.78 is 1.83. The third kappa shape index (κ3) is 4.22. The van der Waals surface area contributed by atoms with Crippen LogP contribution in [0.15, 0.2) is 24.3 Å². The van der Waals surface area contributed by atoms with Crippen LogP contribution in [-0.2, 0) is 11.8 Å². The van der Waals surface area contributed by atoms with E-state index in [2.05, 4.69) is 72.9 Å². The predicted molar refractivity (Wildman–Crippen MR) is 114 cm³/mol. The molecule has 0 saturated carbocycles. The van der Waals surface area contributed by atoms with Gasteiger partial charge in [0.25, 0.3) is 5.91 Å². The second-order valence-corrected chi connectivity index (χ2v) is 9.62. The van der Waals surface area contributed by atoms with Gasteiger partial charge in [0, 0.05) is 18.1 Å². The fraction of sp³-hybridized carbons (Fsp3) is 0.609. The molecule has 2 bridgehead atoms. The lowest BCUT2D eigenvalue weighted by Gasteiger charge is -2.29. The van der Waals surface area contributed by atoms with Crippen molar-refractivity contribution in [2.75, 3.05) is 0 Å². The van der Waals surface area contributed by atoms with Gasteiger partial charge in [-0.1, -0.05) is 51.5 Å². The average molecular weight is 396 g/mol. The molecule has 156 valence electrons. The van der Waals surface area contributed by atoms with Crippen LogP contribution in [0.3, 0.4) is 0 Å². The Morgan fingerprint density at radius 3 is 2.41 bits per heavy atom. The Labute approximate surface area is 173 Å². The molecule has 29 heavy (non-hydrogen) atoms. The van der Waals surface area contributed by atoms with Crippen LogP contribution in [0.1, 0.15) is 81.5 Å². The van der Waals surface area contributed by atoms with Crippen LogP contribution in [0.25, 0.3) is 5.69 Å². The van der Waals surface area contributed by atoms with Crippen LogP contribution in [0.4, 0.5) is 0 Å². The molecule has 2 atom stereocenters. The maximum atomic E-state index is 13.0. The molecule has 3 heterocycles. The second-order valence-electron chi connectivity index (χ2n) is 9.62. The topological polar surface area (TPSA) is 71.8 Å². The standard InChI is InChI=1S/C23H33N5O/c1-5-6-20-21(22(29)25-18-13-16-9-10-17(14-18)24-16)26-27-28(20)19-11-7-15(8-12-19)23(2,3)4/h7-8,11-12,16-18,24H,5-6,9-10,13-14H2,1-4H3,(H,25,29). The van der Waals surface area contributed by atoms with Gasteiger partial charge in [0.1, 0.15) is 0 Å². The molecule has 1 amide bonds. The van der Waals surface area contributed by atoms with E-state index in [9.17, 15) is 4.79 Å². The first-order valence-corrected chi connectivity index (χ1v) is 11.0. The summed E-state index contributed by atoms with van der Waals surface area (Å²) in [5.74, 6) is -0.0858. The Kier molecular flexibility index (Phi) is 5.47. The number of nitrogens with zero attached hydrogens (tertiary/aromatic N) is 3. The van der Waals surface area contributed by atoms with E-state index >= 15 is 0 Å². The van der Waals surface area contributed by atoms with Crippen molar-refractivity contribution in [3.63, 3.8) is 0 Å². The second kappa shape index (κ2) is 7.90. The minimum absolute atomic E-state index is 0.0858. The van der Waals surface area contributed by atoms with Gasteiger partial charge in [0.2, 0.25) is 0 Å². The van der Waals surface area contributed by atoms with E-state index < -0.39 is 0 Å². The number of nitrogens with one attached hydrogen (secondary N) is 2. The van der Waals surface area contributed by atoms with Crippen LogP contribution in [0.2, 0.25) is 0 Å². The normalized spacial score (nSPS) is 23.9. The first-order valence-electron chi connectivity index (χ1n) is 11.0. The molecule has 2 unspecified atom stereocenters. The summed E-state index contributed by atoms with van der Waals surface area (Å²) in [5, 5.41) is 15.5. The quantitative estimate of drug-likeness (QED) is 0.812. The molecule has 0 radical (unpaired) electrons. The minimum Gasteiger partial charge on any atom is -0.348 e. The number of carbonyl (C=O) groups is 1. The third-order valence-electron chi connectivity index (χ3n) is 6.25. The van der Waals surface area contributed by atoms with Crippen LogP contribution >= 0.6 is 0 Å². The lowest BCUT2D eigenvalue weighted by Crippen LogP contribution is -2.48. The van der Waals surface area contributed by atoms with Crippen molar-refractivity contribution in [3.05, 3.63) is 41.2 Å². The summed E-state index contributed by atoms with van der Waals surface area (Å²) in [6.07, 6.45) is 6.17. The Bertz CT molecular complexity index is 852. The number of aromatic nitrogens is 3. The van der Waals surface area contributed by atoms with Gasteiger partial charge < -0.3 is 10.6 Å². The number of hydrogen-bond donors (Lipinski definition) is 2. The van der Waals surface area contributed by atoms with Crippen molar-refractivity contribution in [1.82, 2.24) is 25.6 Å². The highest BCUT2D eigenvalue weighted by molar-refractivity contribution is 5.93. The zero-order valence-electron chi connectivity index (χ0n) is 18.0. The summed E-state index contributed by atoms with van der Waals surface area (Å²) in [6.45, 7) is 8.73. The molecule has 2 fully saturated rings. The van der Waals surface area contributed by atoms with E-state index in [-0.39, 0.29) is 17.4 Å². The van der Waals surface area contributed by atoms with Gasteiger partial charge in [-0.3, -0.25) is 4.79 Å². The van der Waals surface area contributed by atoms with Crippen molar-refractivity contribution in [1.29, 1.82) is 0 Å². The van der Waals surface area contributed by atoms with Crippen LogP contribution < -0.4 is 10.6 Å². The van der Waals surface area contributed by atoms with E-state index in [4.69, 9.17) is 0 Å². The third-order valence-corrected chi connectivity index (χ3v) is 6.25. The highest BCUT2D eigenvalue weighted by Gasteiger charge is 2.34.